The van der Waals surface area contributed by atoms with Gasteiger partial charge in [0.25, 0.3) is 0 Å². The van der Waals surface area contributed by atoms with Crippen molar-refractivity contribution in [2.75, 3.05) is 18.5 Å². The largest absolute Gasteiger partial charge is 0.355 e. The van der Waals surface area contributed by atoms with Crippen molar-refractivity contribution in [3.63, 3.8) is 0 Å². The highest BCUT2D eigenvalue weighted by atomic mass is 15.3. The number of piperidine rings is 1. The molecule has 0 radical (unpaired) electrons. The van der Waals surface area contributed by atoms with Gasteiger partial charge in [0.15, 0.2) is 0 Å². The summed E-state index contributed by atoms with van der Waals surface area (Å²) in [5, 5.41) is 3.35. The number of aromatic nitrogens is 1. The van der Waals surface area contributed by atoms with Gasteiger partial charge < -0.3 is 10.2 Å². The maximum atomic E-state index is 4.16. The number of hydrogen-bond acceptors (Lipinski definition) is 3. The summed E-state index contributed by atoms with van der Waals surface area (Å²) in [6, 6.07) is 4.12. The van der Waals surface area contributed by atoms with Crippen LogP contribution in [0.15, 0.2) is 24.5 Å². The summed E-state index contributed by atoms with van der Waals surface area (Å²) in [7, 11) is 2.03. The number of rotatable bonds is 2. The third-order valence-electron chi connectivity index (χ3n) is 2.81. The van der Waals surface area contributed by atoms with Crippen LogP contribution in [0.4, 0.5) is 5.69 Å². The lowest BCUT2D eigenvalue weighted by atomic mass is 10.1. The molecule has 0 bridgehead atoms. The Balaban J connectivity index is 2.15. The molecule has 2 rings (SSSR count). The van der Waals surface area contributed by atoms with E-state index in [0.717, 1.165) is 6.54 Å². The van der Waals surface area contributed by atoms with Gasteiger partial charge in [-0.25, -0.2) is 0 Å². The van der Waals surface area contributed by atoms with Crippen molar-refractivity contribution in [1.29, 1.82) is 0 Å². The molecule has 2 heterocycles. The fourth-order valence-corrected chi connectivity index (χ4v) is 2.06. The zero-order valence-corrected chi connectivity index (χ0v) is 8.61. The standard InChI is InChI=1S/C11H17N3/c1-12-11-6-2-3-8-14(11)10-5-4-7-13-9-10/h4-5,7,9,11-12H,2-3,6,8H2,1H3. The maximum Gasteiger partial charge on any atom is 0.0793 e. The molecular weight excluding hydrogens is 174 g/mol. The van der Waals surface area contributed by atoms with Crippen molar-refractivity contribution in [2.45, 2.75) is 25.4 Å². The molecule has 1 aromatic heterocycles. The van der Waals surface area contributed by atoms with Crippen molar-refractivity contribution in [1.82, 2.24) is 10.3 Å². The lowest BCUT2D eigenvalue weighted by molar-refractivity contribution is 0.418. The molecule has 1 unspecified atom stereocenters. The van der Waals surface area contributed by atoms with Crippen LogP contribution in [0.1, 0.15) is 19.3 Å². The fraction of sp³-hybridized carbons (Fsp3) is 0.545. The summed E-state index contributed by atoms with van der Waals surface area (Å²) in [6.07, 6.45) is 8.08. The van der Waals surface area contributed by atoms with E-state index in [4.69, 9.17) is 0 Å². The van der Waals surface area contributed by atoms with Crippen LogP contribution in [0.5, 0.6) is 0 Å². The van der Waals surface area contributed by atoms with E-state index >= 15 is 0 Å². The molecular formula is C11H17N3. The summed E-state index contributed by atoms with van der Waals surface area (Å²) >= 11 is 0. The fourth-order valence-electron chi connectivity index (χ4n) is 2.06. The third-order valence-corrected chi connectivity index (χ3v) is 2.81. The number of hydrogen-bond donors (Lipinski definition) is 1. The van der Waals surface area contributed by atoms with Crippen LogP contribution >= 0.6 is 0 Å². The Kier molecular flexibility index (Phi) is 2.99. The van der Waals surface area contributed by atoms with Crippen molar-refractivity contribution in [3.05, 3.63) is 24.5 Å². The van der Waals surface area contributed by atoms with Crippen LogP contribution in [0.25, 0.3) is 0 Å². The molecule has 1 aliphatic heterocycles. The Bertz CT molecular complexity index is 273. The van der Waals surface area contributed by atoms with Gasteiger partial charge >= 0.3 is 0 Å². The zero-order valence-electron chi connectivity index (χ0n) is 8.61. The predicted octanol–water partition coefficient (Wildman–Crippen LogP) is 1.62. The van der Waals surface area contributed by atoms with E-state index in [2.05, 4.69) is 21.3 Å². The molecule has 0 aromatic carbocycles. The molecule has 0 spiro atoms. The van der Waals surface area contributed by atoms with Gasteiger partial charge in [0.05, 0.1) is 18.1 Å². The van der Waals surface area contributed by atoms with Gasteiger partial charge in [-0.1, -0.05) is 0 Å². The highest BCUT2D eigenvalue weighted by molar-refractivity contribution is 5.44. The molecule has 0 amide bonds. The van der Waals surface area contributed by atoms with E-state index in [1.54, 1.807) is 0 Å². The van der Waals surface area contributed by atoms with Crippen molar-refractivity contribution in [2.24, 2.45) is 0 Å². The minimum atomic E-state index is 0.480. The SMILES string of the molecule is CNC1CCCCN1c1cccnc1. The van der Waals surface area contributed by atoms with Gasteiger partial charge in [-0.3, -0.25) is 4.98 Å². The second-order valence-corrected chi connectivity index (χ2v) is 3.70. The first-order chi connectivity index (χ1) is 6.92. The number of anilines is 1. The first-order valence-electron chi connectivity index (χ1n) is 5.26. The van der Waals surface area contributed by atoms with E-state index < -0.39 is 0 Å². The highest BCUT2D eigenvalue weighted by Crippen LogP contribution is 2.21. The monoisotopic (exact) mass is 191 g/mol. The summed E-state index contributed by atoms with van der Waals surface area (Å²) in [4.78, 5) is 6.56. The Morgan fingerprint density at radius 2 is 2.43 bits per heavy atom. The molecule has 1 aromatic rings. The second-order valence-electron chi connectivity index (χ2n) is 3.70. The van der Waals surface area contributed by atoms with Gasteiger partial charge in [-0.2, -0.15) is 0 Å². The first-order valence-corrected chi connectivity index (χ1v) is 5.26. The van der Waals surface area contributed by atoms with Gasteiger partial charge in [0, 0.05) is 12.7 Å². The summed E-state index contributed by atoms with van der Waals surface area (Å²) in [5.74, 6) is 0. The van der Waals surface area contributed by atoms with Gasteiger partial charge in [0.1, 0.15) is 0 Å². The third kappa shape index (κ3) is 1.87. The van der Waals surface area contributed by atoms with Crippen molar-refractivity contribution >= 4 is 5.69 Å². The Hall–Kier alpha value is -1.09. The Morgan fingerprint density at radius 1 is 1.50 bits per heavy atom. The molecule has 3 heteroatoms. The van der Waals surface area contributed by atoms with Crippen LogP contribution in [0, 0.1) is 0 Å². The summed E-state index contributed by atoms with van der Waals surface area (Å²) in [6.45, 7) is 1.14. The van der Waals surface area contributed by atoms with Crippen LogP contribution in [-0.2, 0) is 0 Å². The quantitative estimate of drug-likeness (QED) is 0.770. The Morgan fingerprint density at radius 3 is 3.14 bits per heavy atom. The van der Waals surface area contributed by atoms with E-state index in [1.165, 1.54) is 24.9 Å². The number of nitrogens with one attached hydrogen (secondary N) is 1. The maximum absolute atomic E-state index is 4.16. The molecule has 76 valence electrons. The molecule has 1 aliphatic rings. The van der Waals surface area contributed by atoms with E-state index in [0.29, 0.717) is 6.17 Å². The molecule has 1 saturated heterocycles. The molecule has 14 heavy (non-hydrogen) atoms. The van der Waals surface area contributed by atoms with Crippen LogP contribution in [0.3, 0.4) is 0 Å². The lowest BCUT2D eigenvalue weighted by Gasteiger charge is -2.37. The van der Waals surface area contributed by atoms with Crippen LogP contribution < -0.4 is 10.2 Å². The molecule has 0 saturated carbocycles. The highest BCUT2D eigenvalue weighted by Gasteiger charge is 2.20. The van der Waals surface area contributed by atoms with E-state index in [1.807, 2.05) is 25.5 Å². The molecule has 1 fully saturated rings. The average Bonchev–Trinajstić information content (AvgIpc) is 2.30. The Labute approximate surface area is 85.1 Å². The number of nitrogens with zero attached hydrogens (tertiary/aromatic N) is 2. The smallest absolute Gasteiger partial charge is 0.0793 e. The zero-order chi connectivity index (χ0) is 9.80. The van der Waals surface area contributed by atoms with Crippen molar-refractivity contribution in [3.8, 4) is 0 Å². The first kappa shape index (κ1) is 9.46. The predicted molar refractivity (Wildman–Crippen MR) is 58.3 cm³/mol. The van der Waals surface area contributed by atoms with Crippen LogP contribution in [0.2, 0.25) is 0 Å². The molecule has 1 N–H and O–H groups in total. The lowest BCUT2D eigenvalue weighted by Crippen LogP contribution is -2.47. The van der Waals surface area contributed by atoms with Crippen LogP contribution in [-0.4, -0.2) is 24.7 Å². The molecule has 1 atom stereocenters. The normalized spacial score (nSPS) is 22.4. The molecule has 0 aliphatic carbocycles. The topological polar surface area (TPSA) is 28.2 Å². The minimum absolute atomic E-state index is 0.480. The average molecular weight is 191 g/mol. The van der Waals surface area contributed by atoms with Crippen molar-refractivity contribution < 1.29 is 0 Å². The second kappa shape index (κ2) is 4.42. The van der Waals surface area contributed by atoms with Gasteiger partial charge in [-0.05, 0) is 38.4 Å². The van der Waals surface area contributed by atoms with E-state index in [-0.39, 0.29) is 0 Å². The number of pyridine rings is 1. The van der Waals surface area contributed by atoms with Gasteiger partial charge in [-0.15, -0.1) is 0 Å². The molecule has 3 nitrogen and oxygen atoms in total. The van der Waals surface area contributed by atoms with E-state index in [9.17, 15) is 0 Å². The summed E-state index contributed by atoms with van der Waals surface area (Å²) in [5.41, 5.74) is 1.23. The van der Waals surface area contributed by atoms with Gasteiger partial charge in [0.2, 0.25) is 0 Å². The minimum Gasteiger partial charge on any atom is -0.355 e. The summed E-state index contributed by atoms with van der Waals surface area (Å²) < 4.78 is 0.